The van der Waals surface area contributed by atoms with E-state index in [-0.39, 0.29) is 29.0 Å². The number of halogens is 1. The highest BCUT2D eigenvalue weighted by molar-refractivity contribution is 8.00. The summed E-state index contributed by atoms with van der Waals surface area (Å²) in [5.74, 6) is -0.442. The third-order valence-electron chi connectivity index (χ3n) is 5.49. The van der Waals surface area contributed by atoms with Gasteiger partial charge in [-0.3, -0.25) is 9.59 Å². The molecule has 1 saturated heterocycles. The number of amides is 2. The van der Waals surface area contributed by atoms with E-state index in [1.165, 1.54) is 27.0 Å². The minimum atomic E-state index is -3.67. The molecule has 170 valence electrons. The number of carbonyl (C=O) groups excluding carboxylic acids is 2. The summed E-state index contributed by atoms with van der Waals surface area (Å²) < 4.78 is 28.0. The highest BCUT2D eigenvalue weighted by Crippen LogP contribution is 2.37. The summed E-state index contributed by atoms with van der Waals surface area (Å²) in [7, 11) is -3.67. The van der Waals surface area contributed by atoms with Crippen molar-refractivity contribution < 1.29 is 18.0 Å². The Morgan fingerprint density at radius 3 is 2.53 bits per heavy atom. The van der Waals surface area contributed by atoms with E-state index in [0.29, 0.717) is 29.5 Å². The van der Waals surface area contributed by atoms with Gasteiger partial charge < -0.3 is 10.2 Å². The topological polar surface area (TPSA) is 86.8 Å². The quantitative estimate of drug-likeness (QED) is 0.680. The van der Waals surface area contributed by atoms with E-state index >= 15 is 0 Å². The fourth-order valence-corrected chi connectivity index (χ4v) is 6.50. The van der Waals surface area contributed by atoms with Crippen molar-refractivity contribution in [3.05, 3.63) is 47.5 Å². The van der Waals surface area contributed by atoms with Gasteiger partial charge in [-0.25, -0.2) is 8.42 Å². The summed E-state index contributed by atoms with van der Waals surface area (Å²) in [4.78, 5) is 27.6. The van der Waals surface area contributed by atoms with Crippen LogP contribution < -0.4 is 10.2 Å². The zero-order chi connectivity index (χ0) is 22.7. The van der Waals surface area contributed by atoms with Gasteiger partial charge in [0.1, 0.15) is 6.54 Å². The average molecular weight is 494 g/mol. The molecular weight excluding hydrogens is 470 g/mol. The van der Waals surface area contributed by atoms with Crippen LogP contribution >= 0.6 is 23.4 Å². The largest absolute Gasteiger partial charge is 0.324 e. The zero-order valence-electron chi connectivity index (χ0n) is 17.4. The molecule has 4 rings (SSSR count). The Kier molecular flexibility index (Phi) is 7.09. The number of sulfonamides is 1. The Labute approximate surface area is 197 Å². The lowest BCUT2D eigenvalue weighted by Crippen LogP contribution is -2.41. The second-order valence-electron chi connectivity index (χ2n) is 7.77. The van der Waals surface area contributed by atoms with Crippen molar-refractivity contribution in [2.24, 2.45) is 0 Å². The predicted molar refractivity (Wildman–Crippen MR) is 127 cm³/mol. The first-order chi connectivity index (χ1) is 15.3. The van der Waals surface area contributed by atoms with E-state index in [4.69, 9.17) is 11.6 Å². The van der Waals surface area contributed by atoms with Gasteiger partial charge in [-0.05, 0) is 49.2 Å². The maximum Gasteiger partial charge on any atom is 0.244 e. The van der Waals surface area contributed by atoms with Crippen molar-refractivity contribution in [2.75, 3.05) is 35.6 Å². The second kappa shape index (κ2) is 9.82. The van der Waals surface area contributed by atoms with E-state index in [1.807, 2.05) is 0 Å². The van der Waals surface area contributed by atoms with E-state index < -0.39 is 10.0 Å². The molecule has 0 saturated carbocycles. The summed E-state index contributed by atoms with van der Waals surface area (Å²) in [6.07, 6.45) is 3.73. The SMILES string of the molecule is O=C(CN1C(=O)CSc2ccc(S(=O)(=O)N3CCCCCC3)cc21)Nc1cccc(Cl)c1. The van der Waals surface area contributed by atoms with Gasteiger partial charge in [0.05, 0.1) is 16.3 Å². The highest BCUT2D eigenvalue weighted by atomic mass is 35.5. The van der Waals surface area contributed by atoms with Crippen LogP contribution in [0.15, 0.2) is 52.3 Å². The zero-order valence-corrected chi connectivity index (χ0v) is 19.8. The standard InChI is InChI=1S/C22H24ClN3O4S2/c23-16-6-5-7-17(12-16)24-21(27)14-26-19-13-18(8-9-20(19)31-15-22(26)28)32(29,30)25-10-3-1-2-4-11-25/h5-9,12-13H,1-4,10-11,14-15H2,(H,24,27). The number of nitrogens with zero attached hydrogens (tertiary/aromatic N) is 2. The van der Waals surface area contributed by atoms with Crippen molar-refractivity contribution in [2.45, 2.75) is 35.5 Å². The van der Waals surface area contributed by atoms with Gasteiger partial charge in [0.25, 0.3) is 0 Å². The molecule has 32 heavy (non-hydrogen) atoms. The molecule has 2 aromatic rings. The third kappa shape index (κ3) is 5.11. The van der Waals surface area contributed by atoms with Crippen LogP contribution in [0.1, 0.15) is 25.7 Å². The molecule has 0 atom stereocenters. The van der Waals surface area contributed by atoms with E-state index in [9.17, 15) is 18.0 Å². The molecule has 0 spiro atoms. The fourth-order valence-electron chi connectivity index (χ4n) is 3.86. The first kappa shape index (κ1) is 23.1. The maximum absolute atomic E-state index is 13.2. The van der Waals surface area contributed by atoms with Crippen LogP contribution in [0.4, 0.5) is 11.4 Å². The number of anilines is 2. The lowest BCUT2D eigenvalue weighted by atomic mass is 10.2. The molecule has 0 radical (unpaired) electrons. The van der Waals surface area contributed by atoms with Gasteiger partial charge in [-0.15, -0.1) is 11.8 Å². The number of hydrogen-bond acceptors (Lipinski definition) is 5. The molecule has 10 heteroatoms. The molecule has 2 aromatic carbocycles. The van der Waals surface area contributed by atoms with Gasteiger partial charge in [0, 0.05) is 28.7 Å². The minimum Gasteiger partial charge on any atom is -0.324 e. The summed E-state index contributed by atoms with van der Waals surface area (Å²) in [5.41, 5.74) is 0.974. The molecule has 2 aliphatic rings. The van der Waals surface area contributed by atoms with Crippen LogP contribution in [-0.4, -0.2) is 49.9 Å². The molecular formula is C22H24ClN3O4S2. The van der Waals surface area contributed by atoms with Crippen LogP contribution in [0.2, 0.25) is 5.02 Å². The molecule has 0 unspecified atom stereocenters. The third-order valence-corrected chi connectivity index (χ3v) is 8.66. The van der Waals surface area contributed by atoms with Gasteiger partial charge >= 0.3 is 0 Å². The molecule has 1 N–H and O–H groups in total. The molecule has 0 aromatic heterocycles. The van der Waals surface area contributed by atoms with Crippen molar-refractivity contribution in [1.82, 2.24) is 4.31 Å². The number of thioether (sulfide) groups is 1. The second-order valence-corrected chi connectivity index (χ2v) is 11.2. The fraction of sp³-hybridized carbons (Fsp3) is 0.364. The van der Waals surface area contributed by atoms with Gasteiger partial charge in [-0.1, -0.05) is 30.5 Å². The number of nitrogens with one attached hydrogen (secondary N) is 1. The first-order valence-corrected chi connectivity index (χ1v) is 13.3. The summed E-state index contributed by atoms with van der Waals surface area (Å²) in [6.45, 7) is 0.782. The number of hydrogen-bond donors (Lipinski definition) is 1. The highest BCUT2D eigenvalue weighted by Gasteiger charge is 2.31. The van der Waals surface area contributed by atoms with E-state index in [0.717, 1.165) is 30.6 Å². The maximum atomic E-state index is 13.2. The Morgan fingerprint density at radius 1 is 1.06 bits per heavy atom. The average Bonchev–Trinajstić information content (AvgIpc) is 3.06. The monoisotopic (exact) mass is 493 g/mol. The van der Waals surface area contributed by atoms with Gasteiger partial charge in [-0.2, -0.15) is 4.31 Å². The molecule has 1 fully saturated rings. The van der Waals surface area contributed by atoms with Crippen LogP contribution in [0.3, 0.4) is 0 Å². The summed E-state index contributed by atoms with van der Waals surface area (Å²) in [5, 5.41) is 3.22. The minimum absolute atomic E-state index is 0.147. The molecule has 0 aliphatic carbocycles. The Morgan fingerprint density at radius 2 is 1.81 bits per heavy atom. The Bertz CT molecular complexity index is 1130. The van der Waals surface area contributed by atoms with Crippen LogP contribution in [0.25, 0.3) is 0 Å². The summed E-state index contributed by atoms with van der Waals surface area (Å²) in [6, 6.07) is 11.6. The van der Waals surface area contributed by atoms with Crippen molar-refractivity contribution >= 4 is 56.6 Å². The lowest BCUT2D eigenvalue weighted by Gasteiger charge is -2.29. The van der Waals surface area contributed by atoms with Gasteiger partial charge in [0.2, 0.25) is 21.8 Å². The van der Waals surface area contributed by atoms with E-state index in [1.54, 1.807) is 36.4 Å². The summed E-state index contributed by atoms with van der Waals surface area (Å²) >= 11 is 7.31. The molecule has 2 amide bonds. The number of benzene rings is 2. The number of carbonyl (C=O) groups is 2. The van der Waals surface area contributed by atoms with Crippen LogP contribution in [-0.2, 0) is 19.6 Å². The number of rotatable bonds is 5. The van der Waals surface area contributed by atoms with Crippen molar-refractivity contribution in [3.8, 4) is 0 Å². The normalized spacial score (nSPS) is 17.5. The van der Waals surface area contributed by atoms with Crippen molar-refractivity contribution in [1.29, 1.82) is 0 Å². The molecule has 0 bridgehead atoms. The van der Waals surface area contributed by atoms with Crippen LogP contribution in [0.5, 0.6) is 0 Å². The van der Waals surface area contributed by atoms with E-state index in [2.05, 4.69) is 5.32 Å². The Hall–Kier alpha value is -2.07. The molecule has 2 aliphatic heterocycles. The van der Waals surface area contributed by atoms with Crippen molar-refractivity contribution in [3.63, 3.8) is 0 Å². The first-order valence-electron chi connectivity index (χ1n) is 10.5. The van der Waals surface area contributed by atoms with Crippen LogP contribution in [0, 0.1) is 0 Å². The molecule has 2 heterocycles. The van der Waals surface area contributed by atoms with Gasteiger partial charge in [0.15, 0.2) is 0 Å². The predicted octanol–water partition coefficient (Wildman–Crippen LogP) is 3.98. The Balaban J connectivity index is 1.58. The lowest BCUT2D eigenvalue weighted by molar-refractivity contribution is -0.120. The smallest absolute Gasteiger partial charge is 0.244 e. The number of fused-ring (bicyclic) bond motifs is 1. The molecule has 7 nitrogen and oxygen atoms in total.